The van der Waals surface area contributed by atoms with E-state index in [0.717, 1.165) is 22.2 Å². The zero-order valence-electron chi connectivity index (χ0n) is 21.0. The summed E-state index contributed by atoms with van der Waals surface area (Å²) in [6.07, 6.45) is 2.29. The molecule has 15 heteroatoms. The molecule has 0 atom stereocenters. The van der Waals surface area contributed by atoms with E-state index in [1.807, 2.05) is 57.5 Å². The molecular weight excluding hydrogens is 551 g/mol. The SMILES string of the molecule is CN(CCc1cn(CC(=O)O)c2ccccc12)S(=O)(=O)c1ccc([N+](C)(C)C)cc1.O=S(=O)([O-])C(F)(F)F. The molecule has 3 rings (SSSR count). The average molecular weight is 580 g/mol. The first kappa shape index (κ1) is 31.2. The number of hydrogen-bond donors (Lipinski definition) is 1. The van der Waals surface area contributed by atoms with Gasteiger partial charge in [-0.25, -0.2) is 21.1 Å². The highest BCUT2D eigenvalue weighted by molar-refractivity contribution is 7.89. The predicted molar refractivity (Wildman–Crippen MR) is 135 cm³/mol. The van der Waals surface area contributed by atoms with Gasteiger partial charge in [-0.3, -0.25) is 9.28 Å². The molecule has 0 unspecified atom stereocenters. The Morgan fingerprint density at radius 3 is 2.03 bits per heavy atom. The van der Waals surface area contributed by atoms with Crippen LogP contribution in [0, 0.1) is 0 Å². The molecule has 0 bridgehead atoms. The Bertz CT molecular complexity index is 1490. The van der Waals surface area contributed by atoms with Gasteiger partial charge in [0.05, 0.1) is 26.0 Å². The molecule has 0 spiro atoms. The van der Waals surface area contributed by atoms with E-state index in [9.17, 15) is 26.4 Å². The van der Waals surface area contributed by atoms with Crippen LogP contribution < -0.4 is 4.48 Å². The number of fused-ring (bicyclic) bond motifs is 1. The minimum absolute atomic E-state index is 0.132. The van der Waals surface area contributed by atoms with Crippen LogP contribution >= 0.6 is 0 Å². The van der Waals surface area contributed by atoms with Crippen LogP contribution in [-0.4, -0.2) is 81.6 Å². The lowest BCUT2D eigenvalue weighted by atomic mass is 10.1. The van der Waals surface area contributed by atoms with Crippen LogP contribution in [0.15, 0.2) is 59.6 Å². The molecule has 0 fully saturated rings. The second-order valence-electron chi connectivity index (χ2n) is 9.18. The van der Waals surface area contributed by atoms with E-state index < -0.39 is 31.6 Å². The fourth-order valence-corrected chi connectivity index (χ4v) is 4.61. The number of rotatable bonds is 8. The van der Waals surface area contributed by atoms with Crippen molar-refractivity contribution < 1.29 is 44.5 Å². The summed E-state index contributed by atoms with van der Waals surface area (Å²) in [5, 5.41) is 10.1. The van der Waals surface area contributed by atoms with Crippen molar-refractivity contribution in [2.75, 3.05) is 34.7 Å². The molecule has 0 saturated heterocycles. The molecule has 0 amide bonds. The highest BCUT2D eigenvalue weighted by atomic mass is 32.2. The molecule has 0 saturated carbocycles. The van der Waals surface area contributed by atoms with Crippen molar-refractivity contribution in [3.8, 4) is 0 Å². The quantitative estimate of drug-likeness (QED) is 0.246. The highest BCUT2D eigenvalue weighted by Crippen LogP contribution is 2.24. The number of carboxylic acids is 1. The van der Waals surface area contributed by atoms with Crippen molar-refractivity contribution in [3.05, 3.63) is 60.3 Å². The number of nitrogens with zero attached hydrogens (tertiary/aromatic N) is 3. The maximum absolute atomic E-state index is 13.0. The van der Waals surface area contributed by atoms with E-state index in [1.165, 1.54) is 4.31 Å². The molecular formula is C23H28F3N3O7S2. The van der Waals surface area contributed by atoms with Gasteiger partial charge in [0.2, 0.25) is 10.0 Å². The summed E-state index contributed by atoms with van der Waals surface area (Å²) in [5.41, 5.74) is -2.87. The fraction of sp³-hybridized carbons (Fsp3) is 0.348. The third-order valence-corrected chi connectivity index (χ3v) is 7.91. The number of benzene rings is 2. The molecule has 0 aliphatic rings. The summed E-state index contributed by atoms with van der Waals surface area (Å²) in [7, 11) is -2.06. The van der Waals surface area contributed by atoms with Gasteiger partial charge < -0.3 is 14.2 Å². The number of carbonyl (C=O) groups is 1. The van der Waals surface area contributed by atoms with E-state index in [2.05, 4.69) is 0 Å². The first-order valence-electron chi connectivity index (χ1n) is 10.9. The molecule has 0 aliphatic heterocycles. The topological polar surface area (TPSA) is 137 Å². The van der Waals surface area contributed by atoms with Crippen molar-refractivity contribution in [2.24, 2.45) is 0 Å². The van der Waals surface area contributed by atoms with Crippen LogP contribution in [0.2, 0.25) is 0 Å². The van der Waals surface area contributed by atoms with Crippen LogP contribution in [0.4, 0.5) is 18.9 Å². The molecule has 10 nitrogen and oxygen atoms in total. The Labute approximate surface area is 218 Å². The largest absolute Gasteiger partial charge is 0.741 e. The van der Waals surface area contributed by atoms with Gasteiger partial charge in [0.25, 0.3) is 0 Å². The Hall–Kier alpha value is -2.98. The summed E-state index contributed by atoms with van der Waals surface area (Å²) in [5.74, 6) is -0.917. The van der Waals surface area contributed by atoms with Crippen LogP contribution in [-0.2, 0) is 37.9 Å². The lowest BCUT2D eigenvalue weighted by Crippen LogP contribution is -2.34. The number of halogens is 3. The second kappa shape index (κ2) is 11.4. The summed E-state index contributed by atoms with van der Waals surface area (Å²) < 4.78 is 88.5. The van der Waals surface area contributed by atoms with Crippen LogP contribution in [0.5, 0.6) is 0 Å². The standard InChI is InChI=1S/C22H27N3O4S.CHF3O3S/c1-23(30(28,29)19-11-9-18(10-12-19)25(2,3)4)14-13-17-15-24(16-22(26)27)21-8-6-5-7-20(17)21;2-1(3,4)8(5,6)7/h5-12,15H,13-14,16H2,1-4H3;(H,5,6,7). The third-order valence-electron chi connectivity index (χ3n) is 5.48. The average Bonchev–Trinajstić information content (AvgIpc) is 3.13. The van der Waals surface area contributed by atoms with Gasteiger partial charge >= 0.3 is 11.5 Å². The third kappa shape index (κ3) is 7.77. The number of aliphatic carboxylic acids is 1. The van der Waals surface area contributed by atoms with E-state index in [-0.39, 0.29) is 11.4 Å². The number of alkyl halides is 3. The number of likely N-dealkylation sites (N-methyl/N-ethyl adjacent to an activating group) is 1. The van der Waals surface area contributed by atoms with Crippen molar-refractivity contribution >= 4 is 42.7 Å². The summed E-state index contributed by atoms with van der Waals surface area (Å²) in [6.45, 7) is 0.160. The highest BCUT2D eigenvalue weighted by Gasteiger charge is 2.37. The minimum Gasteiger partial charge on any atom is -0.741 e. The van der Waals surface area contributed by atoms with Gasteiger partial charge in [-0.2, -0.15) is 13.2 Å². The zero-order valence-corrected chi connectivity index (χ0v) is 22.6. The van der Waals surface area contributed by atoms with Crippen molar-refractivity contribution in [1.82, 2.24) is 13.4 Å². The maximum atomic E-state index is 13.0. The smallest absolute Gasteiger partial charge is 0.485 e. The first-order chi connectivity index (χ1) is 17.2. The summed E-state index contributed by atoms with van der Waals surface area (Å²) >= 11 is 0. The summed E-state index contributed by atoms with van der Waals surface area (Å²) in [4.78, 5) is 11.4. The molecule has 0 radical (unpaired) electrons. The van der Waals surface area contributed by atoms with Gasteiger partial charge in [0.1, 0.15) is 12.2 Å². The maximum Gasteiger partial charge on any atom is 0.485 e. The van der Waals surface area contributed by atoms with Crippen LogP contribution in [0.25, 0.3) is 10.9 Å². The molecule has 210 valence electrons. The molecule has 1 N–H and O–H groups in total. The van der Waals surface area contributed by atoms with Gasteiger partial charge in [-0.1, -0.05) is 18.2 Å². The number of aromatic nitrogens is 1. The molecule has 38 heavy (non-hydrogen) atoms. The Kier molecular flexibility index (Phi) is 9.38. The number of quaternary nitrogens is 1. The minimum atomic E-state index is -6.09. The molecule has 2 aromatic carbocycles. The Morgan fingerprint density at radius 2 is 1.55 bits per heavy atom. The lowest BCUT2D eigenvalue weighted by Gasteiger charge is -2.24. The van der Waals surface area contributed by atoms with Gasteiger partial charge in [0.15, 0.2) is 10.1 Å². The zero-order chi connectivity index (χ0) is 29.1. The van der Waals surface area contributed by atoms with E-state index in [1.54, 1.807) is 29.9 Å². The lowest BCUT2D eigenvalue weighted by molar-refractivity contribution is -0.137. The van der Waals surface area contributed by atoms with Gasteiger partial charge in [0, 0.05) is 42.8 Å². The van der Waals surface area contributed by atoms with E-state index in [4.69, 9.17) is 18.1 Å². The van der Waals surface area contributed by atoms with Crippen LogP contribution in [0.3, 0.4) is 0 Å². The van der Waals surface area contributed by atoms with Crippen molar-refractivity contribution in [1.29, 1.82) is 0 Å². The second-order valence-corrected chi connectivity index (χ2v) is 12.6. The molecule has 3 aromatic rings. The molecule has 0 aliphatic carbocycles. The molecule has 1 heterocycles. The normalized spacial score (nSPS) is 12.9. The predicted octanol–water partition coefficient (Wildman–Crippen LogP) is 2.84. The summed E-state index contributed by atoms with van der Waals surface area (Å²) in [6, 6.07) is 14.5. The monoisotopic (exact) mass is 579 g/mol. The van der Waals surface area contributed by atoms with E-state index >= 15 is 0 Å². The first-order valence-corrected chi connectivity index (χ1v) is 13.8. The number of sulfonamides is 1. The number of hydrogen-bond acceptors (Lipinski definition) is 6. The van der Waals surface area contributed by atoms with E-state index in [0.29, 0.717) is 17.4 Å². The van der Waals surface area contributed by atoms with Gasteiger partial charge in [-0.05, 0) is 30.2 Å². The number of carboxylic acid groups (broad SMARTS) is 1. The molecule has 1 aromatic heterocycles. The Balaban J connectivity index is 0.000000550. The Morgan fingerprint density at radius 1 is 1.03 bits per heavy atom. The van der Waals surface area contributed by atoms with Crippen LogP contribution in [0.1, 0.15) is 5.56 Å². The fourth-order valence-electron chi connectivity index (χ4n) is 3.44. The van der Waals surface area contributed by atoms with Crippen molar-refractivity contribution in [3.63, 3.8) is 0 Å². The van der Waals surface area contributed by atoms with Gasteiger partial charge in [-0.15, -0.1) is 0 Å². The number of para-hydroxylation sites is 1. The van der Waals surface area contributed by atoms with Crippen molar-refractivity contribution in [2.45, 2.75) is 23.4 Å².